The Bertz CT molecular complexity index is 2120. The van der Waals surface area contributed by atoms with E-state index in [1.54, 1.807) is 36.4 Å². The smallest absolute Gasteiger partial charge is 0.272 e. The number of carbonyl (C=O) groups is 5. The van der Waals surface area contributed by atoms with Crippen molar-refractivity contribution >= 4 is 46.0 Å². The van der Waals surface area contributed by atoms with Crippen LogP contribution in [-0.4, -0.2) is 57.2 Å². The highest BCUT2D eigenvalue weighted by Crippen LogP contribution is 2.32. The lowest BCUT2D eigenvalue weighted by atomic mass is 10.0. The monoisotopic (exact) mass is 736 g/mol. The van der Waals surface area contributed by atoms with Crippen LogP contribution in [0.4, 0.5) is 10.1 Å². The number of anilines is 1. The number of aromatic nitrogens is 2. The van der Waals surface area contributed by atoms with Gasteiger partial charge < -0.3 is 15.5 Å². The first kappa shape index (κ1) is 38.0. The van der Waals surface area contributed by atoms with Gasteiger partial charge in [0, 0.05) is 54.6 Å². The van der Waals surface area contributed by atoms with Gasteiger partial charge in [-0.25, -0.2) is 9.49 Å². The molecule has 6 rings (SSSR count). The summed E-state index contributed by atoms with van der Waals surface area (Å²) in [6, 6.07) is 16.1. The van der Waals surface area contributed by atoms with Crippen molar-refractivity contribution in [2.75, 3.05) is 11.9 Å². The highest BCUT2D eigenvalue weighted by molar-refractivity contribution is 6.06. The van der Waals surface area contributed by atoms with Crippen LogP contribution < -0.4 is 21.5 Å². The molecule has 12 nitrogen and oxygen atoms in total. The number of nitrogens with one attached hydrogen (secondary N) is 4. The van der Waals surface area contributed by atoms with E-state index < -0.39 is 23.7 Å². The van der Waals surface area contributed by atoms with E-state index in [1.165, 1.54) is 17.0 Å². The van der Waals surface area contributed by atoms with Gasteiger partial charge in [0.05, 0.1) is 16.6 Å². The van der Waals surface area contributed by atoms with E-state index in [4.69, 9.17) is 0 Å². The maximum Gasteiger partial charge on any atom is 0.272 e. The molecule has 1 atom stereocenters. The number of unbranched alkanes of at least 4 members (excludes halogenated alkanes) is 8. The Hall–Kier alpha value is -5.72. The molecule has 282 valence electrons. The van der Waals surface area contributed by atoms with Crippen LogP contribution in [-0.2, 0) is 27.3 Å². The Morgan fingerprint density at radius 2 is 1.57 bits per heavy atom. The van der Waals surface area contributed by atoms with Crippen molar-refractivity contribution < 1.29 is 28.4 Å². The van der Waals surface area contributed by atoms with Gasteiger partial charge in [0.15, 0.2) is 0 Å². The van der Waals surface area contributed by atoms with Crippen LogP contribution in [0.5, 0.6) is 0 Å². The van der Waals surface area contributed by atoms with Gasteiger partial charge in [-0.05, 0) is 55.2 Å². The maximum absolute atomic E-state index is 14.6. The number of aromatic amines is 1. The highest BCUT2D eigenvalue weighted by atomic mass is 19.1. The summed E-state index contributed by atoms with van der Waals surface area (Å²) in [5.74, 6) is -2.24. The molecule has 0 spiro atoms. The summed E-state index contributed by atoms with van der Waals surface area (Å²) in [6.45, 7) is 0.662. The number of amides is 5. The van der Waals surface area contributed by atoms with Crippen molar-refractivity contribution in [2.24, 2.45) is 0 Å². The molecular formula is C41H45FN6O6. The fourth-order valence-corrected chi connectivity index (χ4v) is 7.22. The Balaban J connectivity index is 0.824. The van der Waals surface area contributed by atoms with Crippen LogP contribution in [0.2, 0.25) is 0 Å². The molecule has 0 aliphatic carbocycles. The molecule has 1 aromatic heterocycles. The van der Waals surface area contributed by atoms with Crippen LogP contribution in [0, 0.1) is 5.82 Å². The molecule has 5 amide bonds. The number of hydrogen-bond acceptors (Lipinski definition) is 7. The minimum atomic E-state index is -0.705. The molecule has 2 aliphatic heterocycles. The van der Waals surface area contributed by atoms with Gasteiger partial charge in [-0.3, -0.25) is 34.1 Å². The zero-order valence-electron chi connectivity index (χ0n) is 30.2. The van der Waals surface area contributed by atoms with Crippen molar-refractivity contribution in [3.05, 3.63) is 105 Å². The predicted molar refractivity (Wildman–Crippen MR) is 201 cm³/mol. The number of fused-ring (bicyclic) bond motifs is 2. The maximum atomic E-state index is 14.6. The number of halogens is 1. The van der Waals surface area contributed by atoms with Gasteiger partial charge in [0.1, 0.15) is 11.9 Å². The summed E-state index contributed by atoms with van der Waals surface area (Å²) in [4.78, 5) is 76.0. The second-order valence-corrected chi connectivity index (χ2v) is 14.0. The van der Waals surface area contributed by atoms with Crippen molar-refractivity contribution in [3.63, 3.8) is 0 Å². The Kier molecular flexibility index (Phi) is 12.6. The van der Waals surface area contributed by atoms with E-state index in [1.807, 2.05) is 12.1 Å². The van der Waals surface area contributed by atoms with Gasteiger partial charge in [0.2, 0.25) is 17.7 Å². The summed E-state index contributed by atoms with van der Waals surface area (Å²) < 4.78 is 14.6. The second-order valence-electron chi connectivity index (χ2n) is 14.0. The lowest BCUT2D eigenvalue weighted by Crippen LogP contribution is -2.52. The molecule has 1 unspecified atom stereocenters. The zero-order chi connectivity index (χ0) is 38.0. The fraction of sp³-hybridized carbons (Fsp3) is 0.390. The first-order valence-corrected chi connectivity index (χ1v) is 18.8. The van der Waals surface area contributed by atoms with Gasteiger partial charge in [-0.15, -0.1) is 0 Å². The molecule has 3 heterocycles. The summed E-state index contributed by atoms with van der Waals surface area (Å²) in [7, 11) is 0. The SMILES string of the molecule is O=C1CCC(N2Cc3c(NC(=O)CCCCCCCCCCCNC(=O)c4cc(Cc5n[nH]c(=O)c6ccccc56)ccc4F)cccc3C2=O)C(=O)N1. The van der Waals surface area contributed by atoms with Crippen LogP contribution in [0.15, 0.2) is 65.5 Å². The van der Waals surface area contributed by atoms with E-state index >= 15 is 0 Å². The van der Waals surface area contributed by atoms with Crippen molar-refractivity contribution in [2.45, 2.75) is 96.1 Å². The minimum absolute atomic E-state index is 0.0165. The summed E-state index contributed by atoms with van der Waals surface area (Å²) in [5, 5.41) is 16.0. The topological polar surface area (TPSA) is 170 Å². The quantitative estimate of drug-likeness (QED) is 0.0798. The second kappa shape index (κ2) is 17.9. The molecule has 0 radical (unpaired) electrons. The van der Waals surface area contributed by atoms with E-state index in [2.05, 4.69) is 26.1 Å². The molecule has 0 saturated carbocycles. The molecule has 0 bridgehead atoms. The number of carbonyl (C=O) groups excluding carboxylic acids is 5. The lowest BCUT2D eigenvalue weighted by Gasteiger charge is -2.29. The van der Waals surface area contributed by atoms with E-state index in [-0.39, 0.29) is 48.2 Å². The first-order chi connectivity index (χ1) is 26.2. The zero-order valence-corrected chi connectivity index (χ0v) is 30.2. The van der Waals surface area contributed by atoms with Crippen molar-refractivity contribution in [3.8, 4) is 0 Å². The molecule has 54 heavy (non-hydrogen) atoms. The first-order valence-electron chi connectivity index (χ1n) is 18.8. The minimum Gasteiger partial charge on any atom is -0.352 e. The van der Waals surface area contributed by atoms with Gasteiger partial charge in [-0.1, -0.05) is 75.3 Å². The third-order valence-electron chi connectivity index (χ3n) is 10.1. The number of H-pyrrole nitrogens is 1. The molecule has 3 aromatic carbocycles. The summed E-state index contributed by atoms with van der Waals surface area (Å²) in [5.41, 5.74) is 2.79. The summed E-state index contributed by atoms with van der Waals surface area (Å²) >= 11 is 0. The normalized spacial score (nSPS) is 15.3. The number of nitrogens with zero attached hydrogens (tertiary/aromatic N) is 2. The summed E-state index contributed by atoms with van der Waals surface area (Å²) in [6.07, 6.45) is 9.91. The third kappa shape index (κ3) is 9.25. The largest absolute Gasteiger partial charge is 0.352 e. The predicted octanol–water partition coefficient (Wildman–Crippen LogP) is 5.68. The molecule has 13 heteroatoms. The fourth-order valence-electron chi connectivity index (χ4n) is 7.22. The number of piperidine rings is 1. The highest BCUT2D eigenvalue weighted by Gasteiger charge is 2.40. The number of imide groups is 1. The average Bonchev–Trinajstić information content (AvgIpc) is 3.50. The number of rotatable bonds is 17. The van der Waals surface area contributed by atoms with Crippen LogP contribution in [0.25, 0.3) is 10.8 Å². The van der Waals surface area contributed by atoms with E-state index in [0.29, 0.717) is 58.2 Å². The molecule has 4 N–H and O–H groups in total. The molecule has 4 aromatic rings. The number of hydrogen-bond donors (Lipinski definition) is 4. The van der Waals surface area contributed by atoms with Crippen molar-refractivity contribution in [1.29, 1.82) is 0 Å². The van der Waals surface area contributed by atoms with Crippen LogP contribution in [0.3, 0.4) is 0 Å². The standard InChI is InChI=1S/C41H45FN6O6/c42-32-19-18-26(24-34-27-13-9-10-14-28(27)39(52)47-46-34)23-30(32)38(51)43-22-11-7-5-3-1-2-4-6-8-17-36(49)44-33-16-12-15-29-31(33)25-48(41(29)54)35-20-21-37(50)45-40(35)53/h9-10,12-16,18-19,23,35H,1-8,11,17,20-22,24-25H2,(H,43,51)(H,44,49)(H,47,52)(H,45,50,53). The molecule has 2 aliphatic rings. The van der Waals surface area contributed by atoms with E-state index in [9.17, 15) is 33.2 Å². The van der Waals surface area contributed by atoms with Gasteiger partial charge >= 0.3 is 0 Å². The lowest BCUT2D eigenvalue weighted by molar-refractivity contribution is -0.137. The van der Waals surface area contributed by atoms with Crippen LogP contribution >= 0.6 is 0 Å². The molecule has 1 saturated heterocycles. The Morgan fingerprint density at radius 1 is 0.852 bits per heavy atom. The average molecular weight is 737 g/mol. The number of benzene rings is 3. The Labute approximate surface area is 312 Å². The van der Waals surface area contributed by atoms with Crippen molar-refractivity contribution in [1.82, 2.24) is 25.7 Å². The third-order valence-corrected chi connectivity index (χ3v) is 10.1. The van der Waals surface area contributed by atoms with Gasteiger partial charge in [-0.2, -0.15) is 5.10 Å². The molecular weight excluding hydrogens is 691 g/mol. The van der Waals surface area contributed by atoms with Gasteiger partial charge in [0.25, 0.3) is 17.4 Å². The van der Waals surface area contributed by atoms with E-state index in [0.717, 1.165) is 57.8 Å². The molecule has 1 fully saturated rings. The Morgan fingerprint density at radius 3 is 2.33 bits per heavy atom. The van der Waals surface area contributed by atoms with Crippen LogP contribution in [0.1, 0.15) is 115 Å².